The van der Waals surface area contributed by atoms with Gasteiger partial charge in [0.25, 0.3) is 11.1 Å². The summed E-state index contributed by atoms with van der Waals surface area (Å²) in [5.74, 6) is 0.480. The number of aromatic nitrogens is 3. The van der Waals surface area contributed by atoms with Gasteiger partial charge in [-0.3, -0.25) is 18.7 Å². The van der Waals surface area contributed by atoms with E-state index in [9.17, 15) is 9.59 Å². The quantitative estimate of drug-likeness (QED) is 0.717. The average molecular weight is 279 g/mol. The van der Waals surface area contributed by atoms with Gasteiger partial charge in [-0.2, -0.15) is 0 Å². The van der Waals surface area contributed by atoms with Crippen LogP contribution in [-0.2, 0) is 0 Å². The molecule has 3 heterocycles. The molecule has 0 aliphatic heterocycles. The first kappa shape index (κ1) is 13.1. The van der Waals surface area contributed by atoms with E-state index < -0.39 is 0 Å². The first-order valence-electron chi connectivity index (χ1n) is 6.50. The summed E-state index contributed by atoms with van der Waals surface area (Å²) >= 11 is 0. The molecular weight excluding hydrogens is 266 g/mol. The van der Waals surface area contributed by atoms with Gasteiger partial charge in [0.1, 0.15) is 5.82 Å². The van der Waals surface area contributed by atoms with Crippen LogP contribution in [0.3, 0.4) is 0 Å². The molecule has 0 aliphatic carbocycles. The van der Waals surface area contributed by atoms with Crippen molar-refractivity contribution in [2.24, 2.45) is 0 Å². The molecule has 0 fully saturated rings. The molecule has 0 aliphatic rings. The third-order valence-electron chi connectivity index (χ3n) is 3.21. The Morgan fingerprint density at radius 2 is 1.76 bits per heavy atom. The molecule has 0 saturated carbocycles. The second-order valence-corrected chi connectivity index (χ2v) is 4.62. The molecular formula is C16H13N3O2. The number of hydrogen-bond acceptors (Lipinski definition) is 3. The molecule has 3 aromatic rings. The summed E-state index contributed by atoms with van der Waals surface area (Å²) in [5.41, 5.74) is 1.21. The highest BCUT2D eigenvalue weighted by atomic mass is 16.1. The van der Waals surface area contributed by atoms with Gasteiger partial charge in [-0.25, -0.2) is 4.98 Å². The van der Waals surface area contributed by atoms with Crippen LogP contribution in [0.25, 0.3) is 11.5 Å². The summed E-state index contributed by atoms with van der Waals surface area (Å²) < 4.78 is 3.02. The Hall–Kier alpha value is -2.95. The minimum atomic E-state index is -0.167. The molecule has 3 aromatic heterocycles. The molecule has 0 radical (unpaired) electrons. The fourth-order valence-electron chi connectivity index (χ4n) is 2.22. The van der Waals surface area contributed by atoms with Crippen molar-refractivity contribution in [3.63, 3.8) is 0 Å². The van der Waals surface area contributed by atoms with Crippen molar-refractivity contribution in [3.05, 3.63) is 87.3 Å². The van der Waals surface area contributed by atoms with Crippen molar-refractivity contribution >= 4 is 0 Å². The summed E-state index contributed by atoms with van der Waals surface area (Å²) in [6.45, 7) is 1.86. The highest BCUT2D eigenvalue weighted by Gasteiger charge is 2.06. The summed E-state index contributed by atoms with van der Waals surface area (Å²) in [4.78, 5) is 28.1. The highest BCUT2D eigenvalue weighted by molar-refractivity contribution is 5.40. The minimum absolute atomic E-state index is 0.118. The van der Waals surface area contributed by atoms with E-state index >= 15 is 0 Å². The Morgan fingerprint density at radius 1 is 0.952 bits per heavy atom. The summed E-state index contributed by atoms with van der Waals surface area (Å²) in [6, 6.07) is 13.4. The monoisotopic (exact) mass is 279 g/mol. The smallest absolute Gasteiger partial charge is 0.256 e. The Kier molecular flexibility index (Phi) is 3.23. The highest BCUT2D eigenvalue weighted by Crippen LogP contribution is 2.10. The van der Waals surface area contributed by atoms with E-state index in [0.717, 1.165) is 5.69 Å². The molecule has 0 spiro atoms. The van der Waals surface area contributed by atoms with E-state index in [0.29, 0.717) is 11.5 Å². The SMILES string of the molecule is Cc1cccc(=O)n1-c1ccnc(-n2ccccc2=O)c1. The van der Waals surface area contributed by atoms with Crippen molar-refractivity contribution in [1.82, 2.24) is 14.1 Å². The Bertz CT molecular complexity index is 909. The maximum atomic E-state index is 12.0. The fourth-order valence-corrected chi connectivity index (χ4v) is 2.22. The van der Waals surface area contributed by atoms with E-state index in [4.69, 9.17) is 0 Å². The lowest BCUT2D eigenvalue weighted by Gasteiger charge is -2.11. The van der Waals surface area contributed by atoms with Gasteiger partial charge in [-0.1, -0.05) is 12.1 Å². The molecule has 104 valence electrons. The van der Waals surface area contributed by atoms with Gasteiger partial charge in [0.2, 0.25) is 0 Å². The second kappa shape index (κ2) is 5.20. The molecule has 0 unspecified atom stereocenters. The van der Waals surface area contributed by atoms with Crippen LogP contribution in [-0.4, -0.2) is 14.1 Å². The van der Waals surface area contributed by atoms with E-state index in [2.05, 4.69) is 4.98 Å². The maximum Gasteiger partial charge on any atom is 0.256 e. The lowest BCUT2D eigenvalue weighted by Crippen LogP contribution is -2.20. The molecule has 3 rings (SSSR count). The summed E-state index contributed by atoms with van der Waals surface area (Å²) in [5, 5.41) is 0. The van der Waals surface area contributed by atoms with Crippen LogP contribution in [0.5, 0.6) is 0 Å². The van der Waals surface area contributed by atoms with Gasteiger partial charge in [0.15, 0.2) is 0 Å². The standard InChI is InChI=1S/C16H13N3O2/c1-12-5-4-7-16(21)19(12)13-8-9-17-14(11-13)18-10-3-2-6-15(18)20/h2-11H,1H3. The summed E-state index contributed by atoms with van der Waals surface area (Å²) in [7, 11) is 0. The van der Waals surface area contributed by atoms with E-state index in [-0.39, 0.29) is 11.1 Å². The molecule has 5 nitrogen and oxygen atoms in total. The zero-order valence-corrected chi connectivity index (χ0v) is 11.4. The topological polar surface area (TPSA) is 56.9 Å². The Labute approximate surface area is 120 Å². The third kappa shape index (κ3) is 2.41. The zero-order chi connectivity index (χ0) is 14.8. The van der Waals surface area contributed by atoms with Crippen LogP contribution in [0, 0.1) is 6.92 Å². The number of pyridine rings is 3. The molecule has 21 heavy (non-hydrogen) atoms. The number of nitrogens with zero attached hydrogens (tertiary/aromatic N) is 3. The van der Waals surface area contributed by atoms with E-state index in [1.54, 1.807) is 47.3 Å². The van der Waals surface area contributed by atoms with Gasteiger partial charge >= 0.3 is 0 Å². The first-order chi connectivity index (χ1) is 10.2. The van der Waals surface area contributed by atoms with Crippen LogP contribution in [0.15, 0.2) is 70.5 Å². The van der Waals surface area contributed by atoms with Gasteiger partial charge in [-0.05, 0) is 25.1 Å². The normalized spacial score (nSPS) is 10.5. The van der Waals surface area contributed by atoms with Gasteiger partial charge in [0, 0.05) is 36.3 Å². The molecule has 0 atom stereocenters. The van der Waals surface area contributed by atoms with Crippen LogP contribution < -0.4 is 11.1 Å². The predicted molar refractivity (Wildman–Crippen MR) is 80.2 cm³/mol. The average Bonchev–Trinajstić information content (AvgIpc) is 2.48. The van der Waals surface area contributed by atoms with Crippen LogP contribution >= 0.6 is 0 Å². The van der Waals surface area contributed by atoms with E-state index in [1.807, 2.05) is 13.0 Å². The van der Waals surface area contributed by atoms with Crippen molar-refractivity contribution in [3.8, 4) is 11.5 Å². The number of hydrogen-bond donors (Lipinski definition) is 0. The predicted octanol–water partition coefficient (Wildman–Crippen LogP) is 1.69. The maximum absolute atomic E-state index is 12.0. The molecule has 0 aromatic carbocycles. The number of aryl methyl sites for hydroxylation is 1. The Morgan fingerprint density at radius 3 is 2.52 bits per heavy atom. The number of rotatable bonds is 2. The van der Waals surface area contributed by atoms with Gasteiger partial charge in [-0.15, -0.1) is 0 Å². The van der Waals surface area contributed by atoms with Gasteiger partial charge < -0.3 is 0 Å². The molecule has 0 N–H and O–H groups in total. The zero-order valence-electron chi connectivity index (χ0n) is 11.4. The first-order valence-corrected chi connectivity index (χ1v) is 6.50. The molecule has 0 bridgehead atoms. The van der Waals surface area contributed by atoms with E-state index in [1.165, 1.54) is 16.7 Å². The van der Waals surface area contributed by atoms with Crippen molar-refractivity contribution in [2.75, 3.05) is 0 Å². The molecule has 0 amide bonds. The van der Waals surface area contributed by atoms with Crippen molar-refractivity contribution < 1.29 is 0 Å². The summed E-state index contributed by atoms with van der Waals surface area (Å²) in [6.07, 6.45) is 3.23. The lowest BCUT2D eigenvalue weighted by molar-refractivity contribution is 0.902. The van der Waals surface area contributed by atoms with Crippen molar-refractivity contribution in [2.45, 2.75) is 6.92 Å². The third-order valence-corrected chi connectivity index (χ3v) is 3.21. The molecule has 5 heteroatoms. The fraction of sp³-hybridized carbons (Fsp3) is 0.0625. The lowest BCUT2D eigenvalue weighted by atomic mass is 10.3. The largest absolute Gasteiger partial charge is 0.281 e. The molecule has 0 saturated heterocycles. The van der Waals surface area contributed by atoms with Crippen LogP contribution in [0.2, 0.25) is 0 Å². The van der Waals surface area contributed by atoms with Crippen LogP contribution in [0.4, 0.5) is 0 Å². The van der Waals surface area contributed by atoms with Gasteiger partial charge in [0.05, 0.1) is 5.69 Å². The van der Waals surface area contributed by atoms with Crippen molar-refractivity contribution in [1.29, 1.82) is 0 Å². The minimum Gasteiger partial charge on any atom is -0.281 e. The Balaban J connectivity index is 2.20. The second-order valence-electron chi connectivity index (χ2n) is 4.62. The van der Waals surface area contributed by atoms with Crippen LogP contribution in [0.1, 0.15) is 5.69 Å².